The first kappa shape index (κ1) is 17.1. The molecule has 0 bridgehead atoms. The summed E-state index contributed by atoms with van der Waals surface area (Å²) in [5, 5.41) is 3.50. The van der Waals surface area contributed by atoms with Crippen molar-refractivity contribution in [1.82, 2.24) is 9.88 Å². The zero-order chi connectivity index (χ0) is 17.8. The third-order valence-electron chi connectivity index (χ3n) is 5.69. The predicted molar refractivity (Wildman–Crippen MR) is 104 cm³/mol. The predicted octanol–water partition coefficient (Wildman–Crippen LogP) is 4.14. The molecule has 0 unspecified atom stereocenters. The van der Waals surface area contributed by atoms with Crippen LogP contribution in [-0.4, -0.2) is 35.4 Å². The van der Waals surface area contributed by atoms with Crippen LogP contribution < -0.4 is 5.32 Å². The maximum Gasteiger partial charge on any atom is 0.257 e. The molecule has 2 heterocycles. The highest BCUT2D eigenvalue weighted by Gasteiger charge is 2.42. The molecule has 1 aliphatic heterocycles. The van der Waals surface area contributed by atoms with Crippen molar-refractivity contribution >= 4 is 11.7 Å². The molecular formula is C22H27N3O. The summed E-state index contributed by atoms with van der Waals surface area (Å²) in [6.45, 7) is 2.61. The van der Waals surface area contributed by atoms with Crippen molar-refractivity contribution in [3.05, 3.63) is 59.8 Å². The van der Waals surface area contributed by atoms with Gasteiger partial charge in [0.25, 0.3) is 5.91 Å². The van der Waals surface area contributed by atoms with Crippen molar-refractivity contribution in [3.63, 3.8) is 0 Å². The molecule has 1 amide bonds. The van der Waals surface area contributed by atoms with Crippen LogP contribution in [0.4, 0.5) is 5.82 Å². The van der Waals surface area contributed by atoms with Crippen LogP contribution in [0.1, 0.15) is 48.0 Å². The number of rotatable bonds is 6. The number of hydrogen-bond acceptors (Lipinski definition) is 3. The largest absolute Gasteiger partial charge is 0.369 e. The van der Waals surface area contributed by atoms with E-state index in [0.717, 1.165) is 44.7 Å². The molecule has 1 aromatic carbocycles. The molecule has 4 rings (SSSR count). The van der Waals surface area contributed by atoms with Crippen LogP contribution in [0.5, 0.6) is 0 Å². The van der Waals surface area contributed by atoms with Crippen molar-refractivity contribution in [1.29, 1.82) is 0 Å². The minimum absolute atomic E-state index is 0.119. The fourth-order valence-electron chi connectivity index (χ4n) is 3.88. The topological polar surface area (TPSA) is 45.2 Å². The summed E-state index contributed by atoms with van der Waals surface area (Å²) < 4.78 is 0. The molecule has 4 heteroatoms. The molecule has 1 N–H and O–H groups in total. The van der Waals surface area contributed by atoms with Crippen LogP contribution in [0.25, 0.3) is 0 Å². The van der Waals surface area contributed by atoms with Gasteiger partial charge >= 0.3 is 0 Å². The molecule has 136 valence electrons. The second-order valence-electron chi connectivity index (χ2n) is 7.77. The third-order valence-corrected chi connectivity index (χ3v) is 5.69. The van der Waals surface area contributed by atoms with Crippen molar-refractivity contribution in [3.8, 4) is 0 Å². The SMILES string of the molecule is O=C(c1cccnc1NCC1(Cc2ccccc2)CC1)N1CCCCC1. The Kier molecular flexibility index (Phi) is 4.91. The lowest BCUT2D eigenvalue weighted by molar-refractivity contribution is 0.0725. The van der Waals surface area contributed by atoms with E-state index in [4.69, 9.17) is 0 Å². The Labute approximate surface area is 155 Å². The molecular weight excluding hydrogens is 322 g/mol. The maximum atomic E-state index is 12.9. The van der Waals surface area contributed by atoms with Crippen molar-refractivity contribution in [2.75, 3.05) is 25.0 Å². The second kappa shape index (κ2) is 7.48. The van der Waals surface area contributed by atoms with Crippen LogP contribution in [-0.2, 0) is 6.42 Å². The monoisotopic (exact) mass is 349 g/mol. The molecule has 2 aliphatic rings. The van der Waals surface area contributed by atoms with E-state index in [1.165, 1.54) is 24.8 Å². The number of piperidine rings is 1. The third kappa shape index (κ3) is 3.90. The molecule has 2 aromatic rings. The smallest absolute Gasteiger partial charge is 0.257 e. The lowest BCUT2D eigenvalue weighted by atomic mass is 9.96. The number of benzene rings is 1. The Bertz CT molecular complexity index is 749. The first-order valence-electron chi connectivity index (χ1n) is 9.78. The highest BCUT2D eigenvalue weighted by atomic mass is 16.2. The molecule has 1 saturated heterocycles. The van der Waals surface area contributed by atoms with E-state index < -0.39 is 0 Å². The van der Waals surface area contributed by atoms with Gasteiger partial charge in [0.15, 0.2) is 0 Å². The number of carbonyl (C=O) groups excluding carboxylic acids is 1. The number of hydrogen-bond donors (Lipinski definition) is 1. The molecule has 0 atom stereocenters. The van der Waals surface area contributed by atoms with Crippen LogP contribution in [0.2, 0.25) is 0 Å². The zero-order valence-electron chi connectivity index (χ0n) is 15.3. The fourth-order valence-corrected chi connectivity index (χ4v) is 3.88. The minimum Gasteiger partial charge on any atom is -0.369 e. The first-order chi connectivity index (χ1) is 12.8. The lowest BCUT2D eigenvalue weighted by Crippen LogP contribution is -2.36. The van der Waals surface area contributed by atoms with Gasteiger partial charge in [-0.25, -0.2) is 4.98 Å². The summed E-state index contributed by atoms with van der Waals surface area (Å²) in [7, 11) is 0. The van der Waals surface area contributed by atoms with Gasteiger partial charge in [-0.2, -0.15) is 0 Å². The van der Waals surface area contributed by atoms with Gasteiger partial charge in [0, 0.05) is 25.8 Å². The summed E-state index contributed by atoms with van der Waals surface area (Å²) in [5.41, 5.74) is 2.41. The standard InChI is InChI=1S/C22H27N3O/c26-21(25-14-5-2-6-15-25)19-10-7-13-23-20(19)24-17-22(11-12-22)16-18-8-3-1-4-9-18/h1,3-4,7-10,13H,2,5-6,11-12,14-17H2,(H,23,24). The summed E-state index contributed by atoms with van der Waals surface area (Å²) >= 11 is 0. The van der Waals surface area contributed by atoms with Gasteiger partial charge in [-0.05, 0) is 61.6 Å². The van der Waals surface area contributed by atoms with Crippen molar-refractivity contribution in [2.24, 2.45) is 5.41 Å². The van der Waals surface area contributed by atoms with E-state index in [9.17, 15) is 4.79 Å². The number of likely N-dealkylation sites (tertiary alicyclic amines) is 1. The number of aromatic nitrogens is 1. The number of nitrogens with one attached hydrogen (secondary N) is 1. The molecule has 26 heavy (non-hydrogen) atoms. The van der Waals surface area contributed by atoms with Crippen molar-refractivity contribution in [2.45, 2.75) is 38.5 Å². The van der Waals surface area contributed by atoms with E-state index in [-0.39, 0.29) is 5.91 Å². The Morgan fingerprint density at radius 3 is 2.54 bits per heavy atom. The van der Waals surface area contributed by atoms with Gasteiger partial charge in [-0.3, -0.25) is 4.79 Å². The highest BCUT2D eigenvalue weighted by molar-refractivity contribution is 5.98. The van der Waals surface area contributed by atoms with Crippen LogP contribution >= 0.6 is 0 Å². The summed E-state index contributed by atoms with van der Waals surface area (Å²) in [6.07, 6.45) is 8.76. The van der Waals surface area contributed by atoms with E-state index in [0.29, 0.717) is 11.0 Å². The molecule has 1 aromatic heterocycles. The maximum absolute atomic E-state index is 12.9. The summed E-state index contributed by atoms with van der Waals surface area (Å²) in [5.74, 6) is 0.857. The number of amides is 1. The van der Waals surface area contributed by atoms with Crippen molar-refractivity contribution < 1.29 is 4.79 Å². The summed E-state index contributed by atoms with van der Waals surface area (Å²) in [6, 6.07) is 14.4. The molecule has 1 aliphatic carbocycles. The second-order valence-corrected chi connectivity index (χ2v) is 7.77. The number of carbonyl (C=O) groups is 1. The van der Waals surface area contributed by atoms with Gasteiger partial charge in [0.05, 0.1) is 5.56 Å². The number of pyridine rings is 1. The van der Waals surface area contributed by atoms with Crippen LogP contribution in [0.15, 0.2) is 48.7 Å². The van der Waals surface area contributed by atoms with Gasteiger partial charge in [0.2, 0.25) is 0 Å². The normalized spacial score (nSPS) is 18.4. The van der Waals surface area contributed by atoms with Gasteiger partial charge in [0.1, 0.15) is 5.82 Å². The molecule has 1 saturated carbocycles. The van der Waals surface area contributed by atoms with E-state index in [1.807, 2.05) is 17.0 Å². The summed E-state index contributed by atoms with van der Waals surface area (Å²) in [4.78, 5) is 19.3. The van der Waals surface area contributed by atoms with Gasteiger partial charge in [-0.15, -0.1) is 0 Å². The van der Waals surface area contributed by atoms with E-state index in [2.05, 4.69) is 40.6 Å². The molecule has 0 spiro atoms. The van der Waals surface area contributed by atoms with Gasteiger partial charge < -0.3 is 10.2 Å². The zero-order valence-corrected chi connectivity index (χ0v) is 15.3. The van der Waals surface area contributed by atoms with Crippen LogP contribution in [0, 0.1) is 5.41 Å². The quantitative estimate of drug-likeness (QED) is 0.852. The lowest BCUT2D eigenvalue weighted by Gasteiger charge is -2.27. The molecule has 2 fully saturated rings. The average Bonchev–Trinajstić information content (AvgIpc) is 3.47. The minimum atomic E-state index is 0.119. The van der Waals surface area contributed by atoms with E-state index >= 15 is 0 Å². The Morgan fingerprint density at radius 2 is 1.81 bits per heavy atom. The highest BCUT2D eigenvalue weighted by Crippen LogP contribution is 2.48. The Hall–Kier alpha value is -2.36. The first-order valence-corrected chi connectivity index (χ1v) is 9.78. The van der Waals surface area contributed by atoms with Gasteiger partial charge in [-0.1, -0.05) is 30.3 Å². The molecule has 4 nitrogen and oxygen atoms in total. The number of anilines is 1. The number of nitrogens with zero attached hydrogens (tertiary/aromatic N) is 2. The molecule has 0 radical (unpaired) electrons. The van der Waals surface area contributed by atoms with E-state index in [1.54, 1.807) is 6.20 Å². The average molecular weight is 349 g/mol. The fraction of sp³-hybridized carbons (Fsp3) is 0.455. The Balaban J connectivity index is 1.43. The Morgan fingerprint density at radius 1 is 1.04 bits per heavy atom. The van der Waals surface area contributed by atoms with Crippen LogP contribution in [0.3, 0.4) is 0 Å².